The summed E-state index contributed by atoms with van der Waals surface area (Å²) in [6, 6.07) is 7.00. The fourth-order valence-corrected chi connectivity index (χ4v) is 3.80. The van der Waals surface area contributed by atoms with E-state index in [4.69, 9.17) is 5.73 Å². The summed E-state index contributed by atoms with van der Waals surface area (Å²) in [5.41, 5.74) is 6.92. The quantitative estimate of drug-likeness (QED) is 0.855. The number of hydrogen-bond donors (Lipinski definition) is 1. The van der Waals surface area contributed by atoms with Crippen molar-refractivity contribution in [3.8, 4) is 0 Å². The second-order valence-electron chi connectivity index (χ2n) is 4.13. The molecule has 0 aliphatic carbocycles. The van der Waals surface area contributed by atoms with E-state index in [1.54, 1.807) is 12.1 Å². The molecule has 1 unspecified atom stereocenters. The summed E-state index contributed by atoms with van der Waals surface area (Å²) in [6.07, 6.45) is 2.09. The van der Waals surface area contributed by atoms with Gasteiger partial charge in [-0.25, -0.2) is 4.39 Å². The van der Waals surface area contributed by atoms with E-state index in [0.717, 1.165) is 29.9 Å². The predicted molar refractivity (Wildman–Crippen MR) is 63.7 cm³/mol. The fraction of sp³-hybridized carbons (Fsp3) is 0.500. The molecule has 1 aromatic rings. The van der Waals surface area contributed by atoms with E-state index in [1.165, 1.54) is 6.07 Å². The molecule has 2 N–H and O–H groups in total. The Labute approximate surface area is 94.2 Å². The zero-order chi connectivity index (χ0) is 10.7. The topological polar surface area (TPSA) is 26.0 Å². The molecule has 0 aromatic heterocycles. The third-order valence-corrected chi connectivity index (χ3v) is 4.41. The summed E-state index contributed by atoms with van der Waals surface area (Å²) in [5.74, 6) is 2.10. The average molecular weight is 225 g/mol. The molecule has 2 rings (SSSR count). The van der Waals surface area contributed by atoms with Crippen molar-refractivity contribution in [2.75, 3.05) is 18.1 Å². The monoisotopic (exact) mass is 225 g/mol. The largest absolute Gasteiger partial charge is 0.330 e. The molecular weight excluding hydrogens is 209 g/mol. The van der Waals surface area contributed by atoms with Gasteiger partial charge in [0.1, 0.15) is 5.82 Å². The van der Waals surface area contributed by atoms with Crippen LogP contribution in [0.25, 0.3) is 0 Å². The maximum Gasteiger partial charge on any atom is 0.123 e. The van der Waals surface area contributed by atoms with Gasteiger partial charge >= 0.3 is 0 Å². The summed E-state index contributed by atoms with van der Waals surface area (Å²) < 4.78 is 13.2. The van der Waals surface area contributed by atoms with E-state index in [9.17, 15) is 4.39 Å². The molecule has 3 heteroatoms. The lowest BCUT2D eigenvalue weighted by molar-refractivity contribution is 0.449. The normalized spacial score (nSPS) is 25.7. The number of nitrogens with two attached hydrogens (primary N) is 1. The van der Waals surface area contributed by atoms with Crippen molar-refractivity contribution in [1.82, 2.24) is 0 Å². The van der Waals surface area contributed by atoms with Crippen molar-refractivity contribution in [1.29, 1.82) is 0 Å². The van der Waals surface area contributed by atoms with Gasteiger partial charge in [-0.2, -0.15) is 11.8 Å². The van der Waals surface area contributed by atoms with Gasteiger partial charge in [0, 0.05) is 11.2 Å². The van der Waals surface area contributed by atoms with Gasteiger partial charge < -0.3 is 5.73 Å². The summed E-state index contributed by atoms with van der Waals surface area (Å²) in [7, 11) is 0. The second kappa shape index (κ2) is 4.54. The number of thioether (sulfide) groups is 1. The van der Waals surface area contributed by atoms with Gasteiger partial charge in [-0.15, -0.1) is 0 Å². The van der Waals surface area contributed by atoms with Crippen LogP contribution in [0.2, 0.25) is 0 Å². The molecule has 1 nitrogen and oxygen atoms in total. The molecule has 0 spiro atoms. The Kier molecular flexibility index (Phi) is 3.32. The van der Waals surface area contributed by atoms with E-state index in [2.05, 4.69) is 0 Å². The Hall–Kier alpha value is -0.540. The first-order valence-electron chi connectivity index (χ1n) is 5.31. The van der Waals surface area contributed by atoms with Crippen molar-refractivity contribution in [2.45, 2.75) is 18.3 Å². The molecule has 0 amide bonds. The molecule has 1 aromatic carbocycles. The first kappa shape index (κ1) is 11.0. The van der Waals surface area contributed by atoms with E-state index >= 15 is 0 Å². The van der Waals surface area contributed by atoms with Gasteiger partial charge in [-0.05, 0) is 42.8 Å². The van der Waals surface area contributed by atoms with Crippen LogP contribution in [-0.2, 0) is 5.41 Å². The number of hydrogen-bond acceptors (Lipinski definition) is 2. The maximum absolute atomic E-state index is 13.2. The predicted octanol–water partition coefficient (Wildman–Crippen LogP) is 2.55. The summed E-state index contributed by atoms with van der Waals surface area (Å²) in [4.78, 5) is 0. The zero-order valence-electron chi connectivity index (χ0n) is 8.71. The van der Waals surface area contributed by atoms with Gasteiger partial charge in [-0.3, -0.25) is 0 Å². The molecule has 1 saturated heterocycles. The Morgan fingerprint density at radius 2 is 2.33 bits per heavy atom. The highest BCUT2D eigenvalue weighted by molar-refractivity contribution is 7.99. The Bertz CT molecular complexity index is 334. The highest BCUT2D eigenvalue weighted by Crippen LogP contribution is 2.41. The first-order chi connectivity index (χ1) is 7.27. The van der Waals surface area contributed by atoms with Crippen molar-refractivity contribution >= 4 is 11.8 Å². The molecular formula is C12H16FNS. The lowest BCUT2D eigenvalue weighted by atomic mass is 9.77. The number of benzene rings is 1. The molecule has 0 radical (unpaired) electrons. The molecule has 1 fully saturated rings. The van der Waals surface area contributed by atoms with Gasteiger partial charge in [0.05, 0.1) is 0 Å². The van der Waals surface area contributed by atoms with Crippen LogP contribution < -0.4 is 5.73 Å². The van der Waals surface area contributed by atoms with Gasteiger partial charge in [0.25, 0.3) is 0 Å². The van der Waals surface area contributed by atoms with Crippen LogP contribution in [0.5, 0.6) is 0 Å². The zero-order valence-corrected chi connectivity index (χ0v) is 9.52. The fourth-order valence-electron chi connectivity index (χ4n) is 2.27. The molecule has 1 aliphatic rings. The van der Waals surface area contributed by atoms with Crippen LogP contribution in [0.15, 0.2) is 24.3 Å². The molecule has 82 valence electrons. The third kappa shape index (κ3) is 2.18. The minimum absolute atomic E-state index is 0.127. The van der Waals surface area contributed by atoms with Crippen LogP contribution in [0.4, 0.5) is 4.39 Å². The van der Waals surface area contributed by atoms with Crippen LogP contribution in [0.1, 0.15) is 18.4 Å². The van der Waals surface area contributed by atoms with E-state index in [0.29, 0.717) is 6.54 Å². The summed E-state index contributed by atoms with van der Waals surface area (Å²) in [5, 5.41) is 0. The van der Waals surface area contributed by atoms with Gasteiger partial charge in [-0.1, -0.05) is 12.1 Å². The first-order valence-corrected chi connectivity index (χ1v) is 6.46. The number of rotatable bonds is 3. The van der Waals surface area contributed by atoms with Crippen molar-refractivity contribution in [3.63, 3.8) is 0 Å². The second-order valence-corrected chi connectivity index (χ2v) is 5.24. The maximum atomic E-state index is 13.2. The Balaban J connectivity index is 2.31. The molecule has 15 heavy (non-hydrogen) atoms. The highest BCUT2D eigenvalue weighted by Gasteiger charge is 2.35. The van der Waals surface area contributed by atoms with E-state index in [-0.39, 0.29) is 11.2 Å². The van der Waals surface area contributed by atoms with Crippen LogP contribution in [0.3, 0.4) is 0 Å². The highest BCUT2D eigenvalue weighted by atomic mass is 32.2. The third-order valence-electron chi connectivity index (χ3n) is 3.16. The lowest BCUT2D eigenvalue weighted by Crippen LogP contribution is -2.29. The van der Waals surface area contributed by atoms with Crippen molar-refractivity contribution in [2.24, 2.45) is 5.73 Å². The molecule has 0 bridgehead atoms. The van der Waals surface area contributed by atoms with Gasteiger partial charge in [0.2, 0.25) is 0 Å². The van der Waals surface area contributed by atoms with Crippen LogP contribution in [0, 0.1) is 5.82 Å². The smallest absolute Gasteiger partial charge is 0.123 e. The Morgan fingerprint density at radius 1 is 1.47 bits per heavy atom. The van der Waals surface area contributed by atoms with Crippen molar-refractivity contribution < 1.29 is 4.39 Å². The molecule has 1 aliphatic heterocycles. The number of halogens is 1. The van der Waals surface area contributed by atoms with E-state index in [1.807, 2.05) is 17.8 Å². The summed E-state index contributed by atoms with van der Waals surface area (Å²) >= 11 is 1.94. The molecule has 1 heterocycles. The minimum Gasteiger partial charge on any atom is -0.330 e. The van der Waals surface area contributed by atoms with Gasteiger partial charge in [0.15, 0.2) is 0 Å². The van der Waals surface area contributed by atoms with E-state index < -0.39 is 0 Å². The van der Waals surface area contributed by atoms with Crippen LogP contribution in [-0.4, -0.2) is 18.1 Å². The summed E-state index contributed by atoms with van der Waals surface area (Å²) in [6.45, 7) is 0.678. The lowest BCUT2D eigenvalue weighted by Gasteiger charge is -2.28. The standard InChI is InChI=1S/C12H16FNS/c13-11-3-1-2-10(8-11)12(4-6-14)5-7-15-9-12/h1-3,8H,4-7,9,14H2. The SMILES string of the molecule is NCCC1(c2cccc(F)c2)CCSC1. The molecule has 1 atom stereocenters. The minimum atomic E-state index is -0.138. The average Bonchev–Trinajstić information content (AvgIpc) is 2.68. The Morgan fingerprint density at radius 3 is 2.93 bits per heavy atom. The molecule has 0 saturated carbocycles. The van der Waals surface area contributed by atoms with Crippen LogP contribution >= 0.6 is 11.8 Å². The van der Waals surface area contributed by atoms with Crippen molar-refractivity contribution in [3.05, 3.63) is 35.6 Å².